The lowest BCUT2D eigenvalue weighted by atomic mass is 10.1. The predicted molar refractivity (Wildman–Crippen MR) is 80.3 cm³/mol. The first kappa shape index (κ1) is 14.3. The molecule has 1 heterocycles. The van der Waals surface area contributed by atoms with Gasteiger partial charge in [-0.2, -0.15) is 0 Å². The van der Waals surface area contributed by atoms with Crippen LogP contribution in [-0.2, 0) is 6.42 Å². The van der Waals surface area contributed by atoms with Crippen molar-refractivity contribution in [2.75, 3.05) is 39.8 Å². The number of piperazine rings is 1. The van der Waals surface area contributed by atoms with Gasteiger partial charge in [0, 0.05) is 44.2 Å². The highest BCUT2D eigenvalue weighted by atomic mass is 79.9. The van der Waals surface area contributed by atoms with Crippen LogP contribution in [0.25, 0.3) is 0 Å². The van der Waals surface area contributed by atoms with Crippen LogP contribution in [0.5, 0.6) is 0 Å². The largest absolute Gasteiger partial charge is 0.327 e. The highest BCUT2D eigenvalue weighted by Gasteiger charge is 2.19. The maximum atomic E-state index is 12.2. The fraction of sp³-hybridized carbons (Fsp3) is 0.500. The fourth-order valence-electron chi connectivity index (χ4n) is 2.18. The molecule has 1 saturated heterocycles. The average molecular weight is 326 g/mol. The van der Waals surface area contributed by atoms with Gasteiger partial charge in [-0.1, -0.05) is 28.1 Å². The topological polar surface area (TPSA) is 35.6 Å². The van der Waals surface area contributed by atoms with E-state index in [9.17, 15) is 4.79 Å². The third kappa shape index (κ3) is 4.21. The van der Waals surface area contributed by atoms with E-state index in [4.69, 9.17) is 0 Å². The zero-order chi connectivity index (χ0) is 13.7. The molecule has 2 rings (SSSR count). The van der Waals surface area contributed by atoms with E-state index >= 15 is 0 Å². The smallest absolute Gasteiger partial charge is 0.319 e. The first-order valence-corrected chi connectivity index (χ1v) is 7.41. The van der Waals surface area contributed by atoms with Crippen molar-refractivity contribution in [3.8, 4) is 0 Å². The molecule has 2 amide bonds. The van der Waals surface area contributed by atoms with Gasteiger partial charge < -0.3 is 15.1 Å². The second-order valence-electron chi connectivity index (χ2n) is 4.82. The summed E-state index contributed by atoms with van der Waals surface area (Å²) < 4.78 is 1.08. The summed E-state index contributed by atoms with van der Waals surface area (Å²) in [4.78, 5) is 15.9. The molecule has 0 aliphatic carbocycles. The lowest BCUT2D eigenvalue weighted by Crippen LogP contribution is -2.50. The highest BCUT2D eigenvalue weighted by Crippen LogP contribution is 2.12. The van der Waals surface area contributed by atoms with Gasteiger partial charge in [0.2, 0.25) is 0 Å². The van der Waals surface area contributed by atoms with Crippen molar-refractivity contribution in [2.24, 2.45) is 0 Å². The van der Waals surface area contributed by atoms with Crippen LogP contribution in [0.4, 0.5) is 4.79 Å². The molecule has 104 valence electrons. The van der Waals surface area contributed by atoms with E-state index in [0.717, 1.165) is 43.6 Å². The average Bonchev–Trinajstić information content (AvgIpc) is 2.45. The van der Waals surface area contributed by atoms with Crippen molar-refractivity contribution >= 4 is 22.0 Å². The molecular formula is C14H20BrN3O. The quantitative estimate of drug-likeness (QED) is 0.922. The number of amides is 2. The van der Waals surface area contributed by atoms with Gasteiger partial charge in [-0.05, 0) is 24.1 Å². The first-order chi connectivity index (χ1) is 9.16. The van der Waals surface area contributed by atoms with Crippen LogP contribution < -0.4 is 5.32 Å². The Labute approximate surface area is 122 Å². The lowest BCUT2D eigenvalue weighted by Gasteiger charge is -2.31. The van der Waals surface area contributed by atoms with Gasteiger partial charge in [-0.15, -0.1) is 0 Å². The number of carbonyl (C=O) groups excluding carboxylic acids is 1. The van der Waals surface area contributed by atoms with Crippen LogP contribution in [0.2, 0.25) is 0 Å². The van der Waals surface area contributed by atoms with Crippen molar-refractivity contribution in [3.05, 3.63) is 34.3 Å². The van der Waals surface area contributed by atoms with E-state index < -0.39 is 0 Å². The van der Waals surface area contributed by atoms with Gasteiger partial charge in [-0.3, -0.25) is 0 Å². The molecule has 19 heavy (non-hydrogen) atoms. The molecule has 1 aromatic rings. The number of hydrogen-bond acceptors (Lipinski definition) is 2. The van der Waals surface area contributed by atoms with E-state index in [1.807, 2.05) is 29.0 Å². The Balaban J connectivity index is 1.83. The summed E-state index contributed by atoms with van der Waals surface area (Å²) in [6, 6.07) is 8.37. The summed E-state index contributed by atoms with van der Waals surface area (Å²) in [5, 5.41) is 3.25. The molecule has 0 spiro atoms. The monoisotopic (exact) mass is 325 g/mol. The Hall–Kier alpha value is -1.07. The molecular weight excluding hydrogens is 306 g/mol. The Morgan fingerprint density at radius 2 is 2.16 bits per heavy atom. The second-order valence-corrected chi connectivity index (χ2v) is 5.74. The summed E-state index contributed by atoms with van der Waals surface area (Å²) in [5.74, 6) is 0. The molecule has 1 aliphatic rings. The Morgan fingerprint density at radius 3 is 2.84 bits per heavy atom. The molecule has 1 aromatic carbocycles. The third-order valence-corrected chi connectivity index (χ3v) is 3.83. The number of hydrogen-bond donors (Lipinski definition) is 1. The zero-order valence-corrected chi connectivity index (χ0v) is 12.8. The summed E-state index contributed by atoms with van der Waals surface area (Å²) in [6.07, 6.45) is 0.883. The van der Waals surface area contributed by atoms with Crippen molar-refractivity contribution in [2.45, 2.75) is 6.42 Å². The third-order valence-electron chi connectivity index (χ3n) is 3.34. The molecule has 1 N–H and O–H groups in total. The Kier molecular flexibility index (Phi) is 5.22. The van der Waals surface area contributed by atoms with E-state index in [1.165, 1.54) is 5.56 Å². The molecule has 0 unspecified atom stereocenters. The van der Waals surface area contributed by atoms with Crippen molar-refractivity contribution in [1.29, 1.82) is 0 Å². The normalized spacial score (nSPS) is 15.4. The Bertz CT molecular complexity index is 432. The van der Waals surface area contributed by atoms with Gasteiger partial charge in [-0.25, -0.2) is 4.79 Å². The molecule has 1 aliphatic heterocycles. The van der Waals surface area contributed by atoms with Crippen LogP contribution in [0, 0.1) is 0 Å². The minimum absolute atomic E-state index is 0.136. The minimum atomic E-state index is 0.136. The van der Waals surface area contributed by atoms with Crippen LogP contribution in [-0.4, -0.2) is 55.6 Å². The summed E-state index contributed by atoms with van der Waals surface area (Å²) >= 11 is 3.46. The van der Waals surface area contributed by atoms with E-state index in [2.05, 4.69) is 33.4 Å². The van der Waals surface area contributed by atoms with E-state index in [-0.39, 0.29) is 6.03 Å². The number of nitrogens with one attached hydrogen (secondary N) is 1. The molecule has 1 fully saturated rings. The highest BCUT2D eigenvalue weighted by molar-refractivity contribution is 9.10. The number of nitrogens with zero attached hydrogens (tertiary/aromatic N) is 2. The van der Waals surface area contributed by atoms with Crippen LogP contribution in [0.1, 0.15) is 5.56 Å². The number of urea groups is 1. The minimum Gasteiger partial charge on any atom is -0.327 e. The Morgan fingerprint density at radius 1 is 1.42 bits per heavy atom. The predicted octanol–water partition coefficient (Wildman–Crippen LogP) is 1.95. The van der Waals surface area contributed by atoms with Crippen LogP contribution in [0.3, 0.4) is 0 Å². The molecule has 5 heteroatoms. The van der Waals surface area contributed by atoms with E-state index in [0.29, 0.717) is 0 Å². The SMILES string of the molecule is CN(CCc1cccc(Br)c1)C(=O)N1CCNCC1. The van der Waals surface area contributed by atoms with Gasteiger partial charge >= 0.3 is 6.03 Å². The van der Waals surface area contributed by atoms with Gasteiger partial charge in [0.25, 0.3) is 0 Å². The number of benzene rings is 1. The fourth-order valence-corrected chi connectivity index (χ4v) is 2.63. The molecule has 0 atom stereocenters. The molecule has 0 bridgehead atoms. The zero-order valence-electron chi connectivity index (χ0n) is 11.2. The summed E-state index contributed by atoms with van der Waals surface area (Å²) in [6.45, 7) is 4.15. The summed E-state index contributed by atoms with van der Waals surface area (Å²) in [5.41, 5.74) is 1.24. The number of rotatable bonds is 3. The molecule has 0 radical (unpaired) electrons. The van der Waals surface area contributed by atoms with E-state index in [1.54, 1.807) is 0 Å². The first-order valence-electron chi connectivity index (χ1n) is 6.62. The number of likely N-dealkylation sites (N-methyl/N-ethyl adjacent to an activating group) is 1. The van der Waals surface area contributed by atoms with Gasteiger partial charge in [0.15, 0.2) is 0 Å². The van der Waals surface area contributed by atoms with Crippen molar-refractivity contribution in [1.82, 2.24) is 15.1 Å². The maximum Gasteiger partial charge on any atom is 0.319 e. The second kappa shape index (κ2) is 6.91. The van der Waals surface area contributed by atoms with Crippen LogP contribution >= 0.6 is 15.9 Å². The number of carbonyl (C=O) groups is 1. The molecule has 4 nitrogen and oxygen atoms in total. The van der Waals surface area contributed by atoms with Gasteiger partial charge in [0.1, 0.15) is 0 Å². The van der Waals surface area contributed by atoms with Crippen molar-refractivity contribution < 1.29 is 4.79 Å². The van der Waals surface area contributed by atoms with Crippen molar-refractivity contribution in [3.63, 3.8) is 0 Å². The van der Waals surface area contributed by atoms with Crippen LogP contribution in [0.15, 0.2) is 28.7 Å². The number of halogens is 1. The molecule has 0 aromatic heterocycles. The van der Waals surface area contributed by atoms with Gasteiger partial charge in [0.05, 0.1) is 0 Å². The summed E-state index contributed by atoms with van der Waals surface area (Å²) in [7, 11) is 1.88. The standard InChI is InChI=1S/C14H20BrN3O/c1-17(14(19)18-9-6-16-7-10-18)8-5-12-3-2-4-13(15)11-12/h2-4,11,16H,5-10H2,1H3. The maximum absolute atomic E-state index is 12.2. The lowest BCUT2D eigenvalue weighted by molar-refractivity contribution is 0.156. The molecule has 0 saturated carbocycles.